The van der Waals surface area contributed by atoms with E-state index in [1.165, 1.54) is 0 Å². The fourth-order valence-corrected chi connectivity index (χ4v) is 2.21. The number of nitrogens with one attached hydrogen (secondary N) is 2. The van der Waals surface area contributed by atoms with E-state index < -0.39 is 0 Å². The fraction of sp³-hybridized carbons (Fsp3) is 0.467. The molecule has 114 valence electrons. The molecule has 0 saturated carbocycles. The number of benzene rings is 1. The fourth-order valence-electron chi connectivity index (χ4n) is 2.08. The van der Waals surface area contributed by atoms with Crippen molar-refractivity contribution < 1.29 is 4.74 Å². The quantitative estimate of drug-likeness (QED) is 0.493. The van der Waals surface area contributed by atoms with Crippen molar-refractivity contribution in [3.63, 3.8) is 0 Å². The third-order valence-corrected chi connectivity index (χ3v) is 3.54. The highest BCUT2D eigenvalue weighted by Gasteiger charge is 2.14. The van der Waals surface area contributed by atoms with Gasteiger partial charge in [-0.1, -0.05) is 12.1 Å². The van der Waals surface area contributed by atoms with Gasteiger partial charge in [-0.05, 0) is 42.8 Å². The number of ether oxygens (including phenoxy) is 1. The molecule has 5 nitrogen and oxygen atoms in total. The molecule has 1 heterocycles. The second kappa shape index (κ2) is 7.95. The Morgan fingerprint density at radius 2 is 2.19 bits per heavy atom. The summed E-state index contributed by atoms with van der Waals surface area (Å²) < 4.78 is 5.52. The van der Waals surface area contributed by atoms with Crippen LogP contribution >= 0.6 is 12.2 Å². The van der Waals surface area contributed by atoms with Gasteiger partial charge in [-0.15, -0.1) is 0 Å². The largest absolute Gasteiger partial charge is 0.378 e. The summed E-state index contributed by atoms with van der Waals surface area (Å²) in [6.45, 7) is 1.59. The van der Waals surface area contributed by atoms with E-state index in [-0.39, 0.29) is 6.10 Å². The van der Waals surface area contributed by atoms with Gasteiger partial charge in [0.2, 0.25) is 0 Å². The average Bonchev–Trinajstić information content (AvgIpc) is 2.99. The first-order valence-corrected chi connectivity index (χ1v) is 7.52. The van der Waals surface area contributed by atoms with Crippen molar-refractivity contribution in [1.29, 1.82) is 0 Å². The number of anilines is 1. The average molecular weight is 306 g/mol. The highest BCUT2D eigenvalue weighted by Crippen LogP contribution is 2.11. The molecule has 1 aromatic rings. The van der Waals surface area contributed by atoms with Gasteiger partial charge in [0.25, 0.3) is 0 Å². The molecule has 1 saturated heterocycles. The number of hydrazone groups is 1. The van der Waals surface area contributed by atoms with Gasteiger partial charge in [-0.3, -0.25) is 5.43 Å². The first-order chi connectivity index (χ1) is 10.1. The Morgan fingerprint density at radius 3 is 2.81 bits per heavy atom. The Bertz CT molecular complexity index is 481. The van der Waals surface area contributed by atoms with Gasteiger partial charge in [0.05, 0.1) is 12.3 Å². The van der Waals surface area contributed by atoms with Crippen molar-refractivity contribution >= 4 is 29.2 Å². The zero-order chi connectivity index (χ0) is 15.1. The van der Waals surface area contributed by atoms with E-state index in [0.29, 0.717) is 5.11 Å². The molecule has 0 aromatic heterocycles. The highest BCUT2D eigenvalue weighted by atomic mass is 32.1. The lowest BCUT2D eigenvalue weighted by Crippen LogP contribution is -2.37. The van der Waals surface area contributed by atoms with E-state index >= 15 is 0 Å². The molecule has 2 rings (SSSR count). The number of nitrogens with zero attached hydrogens (tertiary/aromatic N) is 2. The van der Waals surface area contributed by atoms with Crippen LogP contribution in [-0.4, -0.2) is 44.7 Å². The molecule has 2 N–H and O–H groups in total. The van der Waals surface area contributed by atoms with Crippen LogP contribution in [-0.2, 0) is 4.74 Å². The third kappa shape index (κ3) is 5.32. The van der Waals surface area contributed by atoms with Gasteiger partial charge in [-0.2, -0.15) is 5.10 Å². The third-order valence-electron chi connectivity index (χ3n) is 3.30. The summed E-state index contributed by atoms with van der Waals surface area (Å²) in [5.41, 5.74) is 5.00. The van der Waals surface area contributed by atoms with Crippen molar-refractivity contribution in [3.8, 4) is 0 Å². The number of hydrogen-bond acceptors (Lipinski definition) is 4. The molecule has 21 heavy (non-hydrogen) atoms. The summed E-state index contributed by atoms with van der Waals surface area (Å²) in [5.74, 6) is 0. The maximum absolute atomic E-state index is 5.52. The van der Waals surface area contributed by atoms with Crippen LogP contribution in [0, 0.1) is 0 Å². The van der Waals surface area contributed by atoms with Gasteiger partial charge >= 0.3 is 0 Å². The monoisotopic (exact) mass is 306 g/mol. The van der Waals surface area contributed by atoms with Crippen molar-refractivity contribution in [2.45, 2.75) is 18.9 Å². The first-order valence-electron chi connectivity index (χ1n) is 7.11. The molecule has 0 aliphatic carbocycles. The lowest BCUT2D eigenvalue weighted by atomic mass is 10.2. The smallest absolute Gasteiger partial charge is 0.187 e. The minimum absolute atomic E-state index is 0.271. The molecule has 0 amide bonds. The topological polar surface area (TPSA) is 48.9 Å². The molecule has 1 fully saturated rings. The van der Waals surface area contributed by atoms with Crippen LogP contribution in [0.5, 0.6) is 0 Å². The van der Waals surface area contributed by atoms with Crippen molar-refractivity contribution in [3.05, 3.63) is 29.8 Å². The SMILES string of the molecule is CN(C)c1ccc(/C=N\NC(=S)NC[C@@H]2CCCO2)cc1. The van der Waals surface area contributed by atoms with E-state index in [0.717, 1.165) is 37.2 Å². The summed E-state index contributed by atoms with van der Waals surface area (Å²) in [6.07, 6.45) is 4.25. The minimum atomic E-state index is 0.271. The Balaban J connectivity index is 1.72. The van der Waals surface area contributed by atoms with E-state index in [2.05, 4.69) is 32.9 Å². The Morgan fingerprint density at radius 1 is 1.43 bits per heavy atom. The molecule has 0 radical (unpaired) electrons. The summed E-state index contributed by atoms with van der Waals surface area (Å²) >= 11 is 5.16. The van der Waals surface area contributed by atoms with Crippen LogP contribution in [0.4, 0.5) is 5.69 Å². The van der Waals surface area contributed by atoms with Crippen LogP contribution in [0.2, 0.25) is 0 Å². The van der Waals surface area contributed by atoms with E-state index in [4.69, 9.17) is 17.0 Å². The van der Waals surface area contributed by atoms with Gasteiger partial charge < -0.3 is 15.0 Å². The zero-order valence-electron chi connectivity index (χ0n) is 12.5. The summed E-state index contributed by atoms with van der Waals surface area (Å²) in [7, 11) is 4.03. The Labute approximate surface area is 131 Å². The zero-order valence-corrected chi connectivity index (χ0v) is 13.3. The molecule has 1 atom stereocenters. The standard InChI is InChI=1S/C15H22N4OS/c1-19(2)13-7-5-12(6-8-13)10-17-18-15(21)16-11-14-4-3-9-20-14/h5-8,10,14H,3-4,9,11H2,1-2H3,(H2,16,18,21)/b17-10-/t14-/m0/s1. The molecule has 6 heteroatoms. The summed E-state index contributed by atoms with van der Waals surface area (Å²) in [6, 6.07) is 8.14. The second-order valence-corrected chi connectivity index (χ2v) is 5.61. The Hall–Kier alpha value is -1.66. The molecule has 1 aliphatic heterocycles. The van der Waals surface area contributed by atoms with Crippen molar-refractivity contribution in [2.24, 2.45) is 5.10 Å². The maximum atomic E-state index is 5.52. The molecular weight excluding hydrogens is 284 g/mol. The molecule has 1 aliphatic rings. The van der Waals surface area contributed by atoms with Gasteiger partial charge in [0.15, 0.2) is 5.11 Å². The molecular formula is C15H22N4OS. The van der Waals surface area contributed by atoms with Crippen LogP contribution < -0.4 is 15.6 Å². The first kappa shape index (κ1) is 15.7. The predicted octanol–water partition coefficient (Wildman–Crippen LogP) is 1.73. The predicted molar refractivity (Wildman–Crippen MR) is 91.1 cm³/mol. The lowest BCUT2D eigenvalue weighted by Gasteiger charge is -2.12. The van der Waals surface area contributed by atoms with E-state index in [1.807, 2.05) is 26.2 Å². The van der Waals surface area contributed by atoms with Gasteiger partial charge in [0, 0.05) is 32.9 Å². The van der Waals surface area contributed by atoms with Gasteiger partial charge in [-0.25, -0.2) is 0 Å². The van der Waals surface area contributed by atoms with Gasteiger partial charge in [0.1, 0.15) is 0 Å². The van der Waals surface area contributed by atoms with Crippen molar-refractivity contribution in [2.75, 3.05) is 32.1 Å². The summed E-state index contributed by atoms with van der Waals surface area (Å²) in [4.78, 5) is 2.06. The number of rotatable bonds is 5. The molecule has 0 unspecified atom stereocenters. The minimum Gasteiger partial charge on any atom is -0.378 e. The highest BCUT2D eigenvalue weighted by molar-refractivity contribution is 7.80. The van der Waals surface area contributed by atoms with Crippen LogP contribution in [0.25, 0.3) is 0 Å². The maximum Gasteiger partial charge on any atom is 0.187 e. The number of thiocarbonyl (C=S) groups is 1. The van der Waals surface area contributed by atoms with Crippen LogP contribution in [0.1, 0.15) is 18.4 Å². The molecule has 0 spiro atoms. The van der Waals surface area contributed by atoms with Crippen molar-refractivity contribution in [1.82, 2.24) is 10.7 Å². The van der Waals surface area contributed by atoms with Crippen LogP contribution in [0.15, 0.2) is 29.4 Å². The molecule has 0 bridgehead atoms. The second-order valence-electron chi connectivity index (χ2n) is 5.20. The summed E-state index contributed by atoms with van der Waals surface area (Å²) in [5, 5.41) is 7.76. The molecule has 1 aromatic carbocycles. The van der Waals surface area contributed by atoms with E-state index in [9.17, 15) is 0 Å². The normalized spacial score (nSPS) is 17.9. The van der Waals surface area contributed by atoms with Crippen LogP contribution in [0.3, 0.4) is 0 Å². The van der Waals surface area contributed by atoms with E-state index in [1.54, 1.807) is 6.21 Å². The Kier molecular flexibility index (Phi) is 5.95. The number of hydrogen-bond donors (Lipinski definition) is 2. The lowest BCUT2D eigenvalue weighted by molar-refractivity contribution is 0.114.